The number of alkyl halides is 3. The van der Waals surface area contributed by atoms with Gasteiger partial charge in [0.05, 0.1) is 0 Å². The molecule has 4 rings (SSSR count). The molecule has 1 fully saturated rings. The number of hydrogen-bond acceptors (Lipinski definition) is 1. The van der Waals surface area contributed by atoms with Crippen molar-refractivity contribution in [3.8, 4) is 5.75 Å². The third-order valence-electron chi connectivity index (χ3n) is 6.91. The summed E-state index contributed by atoms with van der Waals surface area (Å²) in [5.74, 6) is -0.770. The van der Waals surface area contributed by atoms with Crippen molar-refractivity contribution < 1.29 is 26.7 Å². The fourth-order valence-electron chi connectivity index (χ4n) is 5.67. The fourth-order valence-corrected chi connectivity index (χ4v) is 5.67. The van der Waals surface area contributed by atoms with Gasteiger partial charge < -0.3 is 4.74 Å². The van der Waals surface area contributed by atoms with Gasteiger partial charge in [0.2, 0.25) is 0 Å². The smallest absolute Gasteiger partial charge is 0.406 e. The van der Waals surface area contributed by atoms with Crippen LogP contribution < -0.4 is 4.74 Å². The second-order valence-electron chi connectivity index (χ2n) is 8.87. The number of fused-ring (bicyclic) bond motifs is 3. The van der Waals surface area contributed by atoms with E-state index in [1.807, 2.05) is 0 Å². The minimum atomic E-state index is -4.73. The van der Waals surface area contributed by atoms with E-state index < -0.39 is 18.0 Å². The Labute approximate surface area is 185 Å². The molecule has 2 aliphatic carbocycles. The van der Waals surface area contributed by atoms with Crippen molar-refractivity contribution in [3.63, 3.8) is 0 Å². The maximum absolute atomic E-state index is 14.4. The monoisotopic (exact) mass is 450 g/mol. The Kier molecular flexibility index (Phi) is 6.59. The lowest BCUT2D eigenvalue weighted by molar-refractivity contribution is -0.274. The summed E-state index contributed by atoms with van der Waals surface area (Å²) in [6, 6.07) is 8.55. The zero-order valence-electron chi connectivity index (χ0n) is 18.0. The molecule has 32 heavy (non-hydrogen) atoms. The summed E-state index contributed by atoms with van der Waals surface area (Å²) in [5, 5.41) is 0. The van der Waals surface area contributed by atoms with Crippen LogP contribution >= 0.6 is 0 Å². The lowest BCUT2D eigenvalue weighted by Gasteiger charge is -2.46. The molecule has 0 saturated heterocycles. The Morgan fingerprint density at radius 1 is 1.03 bits per heavy atom. The molecule has 6 heteroatoms. The van der Waals surface area contributed by atoms with Crippen LogP contribution in [0.5, 0.6) is 5.75 Å². The van der Waals surface area contributed by atoms with Gasteiger partial charge in [-0.15, -0.1) is 13.2 Å². The topological polar surface area (TPSA) is 9.23 Å². The first-order chi connectivity index (χ1) is 15.3. The molecule has 0 amide bonds. The Morgan fingerprint density at radius 2 is 1.78 bits per heavy atom. The highest BCUT2D eigenvalue weighted by molar-refractivity contribution is 5.39. The Hall–Kier alpha value is -2.37. The van der Waals surface area contributed by atoms with E-state index in [2.05, 4.69) is 23.8 Å². The zero-order valence-corrected chi connectivity index (χ0v) is 18.0. The molecule has 2 aromatic rings. The average molecular weight is 450 g/mol. The van der Waals surface area contributed by atoms with Gasteiger partial charge in [-0.2, -0.15) is 0 Å². The highest BCUT2D eigenvalue weighted by Gasteiger charge is 2.43. The second kappa shape index (κ2) is 9.24. The summed E-state index contributed by atoms with van der Waals surface area (Å²) in [6.45, 7) is 2.11. The number of hydrogen-bond donors (Lipinski definition) is 0. The van der Waals surface area contributed by atoms with Gasteiger partial charge in [-0.05, 0) is 90.7 Å². The van der Waals surface area contributed by atoms with Crippen LogP contribution in [0.3, 0.4) is 0 Å². The van der Waals surface area contributed by atoms with Gasteiger partial charge in [-0.1, -0.05) is 37.6 Å². The molecular weight excluding hydrogens is 423 g/mol. The van der Waals surface area contributed by atoms with Crippen LogP contribution in [0.4, 0.5) is 22.0 Å². The molecule has 1 nitrogen and oxygen atoms in total. The van der Waals surface area contributed by atoms with Crippen LogP contribution in [0.2, 0.25) is 0 Å². The number of allylic oxidation sites excluding steroid dienone is 2. The highest BCUT2D eigenvalue weighted by Crippen LogP contribution is 2.54. The van der Waals surface area contributed by atoms with Crippen molar-refractivity contribution in [1.82, 2.24) is 0 Å². The van der Waals surface area contributed by atoms with Crippen molar-refractivity contribution in [3.05, 3.63) is 76.9 Å². The minimum absolute atomic E-state index is 0.0378. The van der Waals surface area contributed by atoms with Gasteiger partial charge in [0.15, 0.2) is 0 Å². The van der Waals surface area contributed by atoms with Gasteiger partial charge in [-0.25, -0.2) is 8.78 Å². The molecule has 4 unspecified atom stereocenters. The first-order valence-electron chi connectivity index (χ1n) is 11.3. The molecule has 172 valence electrons. The highest BCUT2D eigenvalue weighted by atomic mass is 19.4. The fraction of sp³-hybridized carbons (Fsp3) is 0.462. The first-order valence-corrected chi connectivity index (χ1v) is 11.3. The first kappa shape index (κ1) is 22.8. The molecule has 0 bridgehead atoms. The second-order valence-corrected chi connectivity index (χ2v) is 8.87. The third-order valence-corrected chi connectivity index (χ3v) is 6.91. The SMILES string of the molecule is CCCC=CC1CCC2c3cc(F)cc(F)c3CCC2C1c1ccc(OC(F)(F)F)cc1. The molecule has 2 aliphatic rings. The van der Waals surface area contributed by atoms with E-state index in [4.69, 9.17) is 0 Å². The third kappa shape index (κ3) is 4.84. The standard InChI is InChI=1S/C26H27F5O/c1-2-3-4-5-16-8-11-20-22(13-12-21-23(20)14-18(27)15-24(21)28)25(16)17-6-9-19(10-7-17)32-26(29,30)31/h4-7,9-10,14-16,20,22,25H,2-3,8,11-13H2,1H3. The summed E-state index contributed by atoms with van der Waals surface area (Å²) in [6.07, 6.45) is 4.69. The number of unbranched alkanes of at least 4 members (excludes halogenated alkanes) is 1. The maximum Gasteiger partial charge on any atom is 0.573 e. The predicted molar refractivity (Wildman–Crippen MR) is 114 cm³/mol. The van der Waals surface area contributed by atoms with Gasteiger partial charge in [0, 0.05) is 6.07 Å². The van der Waals surface area contributed by atoms with Gasteiger partial charge in [0.25, 0.3) is 0 Å². The zero-order chi connectivity index (χ0) is 22.9. The van der Waals surface area contributed by atoms with Crippen LogP contribution in [0.1, 0.15) is 67.6 Å². The molecule has 0 aliphatic heterocycles. The molecule has 2 aromatic carbocycles. The van der Waals surface area contributed by atoms with Gasteiger partial charge in [0.1, 0.15) is 17.4 Å². The van der Waals surface area contributed by atoms with Crippen molar-refractivity contribution in [1.29, 1.82) is 0 Å². The van der Waals surface area contributed by atoms with E-state index in [0.29, 0.717) is 12.0 Å². The Morgan fingerprint density at radius 3 is 2.47 bits per heavy atom. The number of ether oxygens (including phenoxy) is 1. The molecule has 4 atom stereocenters. The molecule has 0 radical (unpaired) electrons. The summed E-state index contributed by atoms with van der Waals surface area (Å²) < 4.78 is 70.2. The molecule has 0 aromatic heterocycles. The van der Waals surface area contributed by atoms with E-state index in [0.717, 1.165) is 49.3 Å². The summed E-state index contributed by atoms with van der Waals surface area (Å²) in [4.78, 5) is 0. The van der Waals surface area contributed by atoms with E-state index in [1.54, 1.807) is 12.1 Å². The summed E-state index contributed by atoms with van der Waals surface area (Å²) in [5.41, 5.74) is 2.32. The van der Waals surface area contributed by atoms with E-state index in [-0.39, 0.29) is 29.4 Å². The molecular formula is C26H27F5O. The Bertz CT molecular complexity index is 963. The van der Waals surface area contributed by atoms with E-state index >= 15 is 0 Å². The van der Waals surface area contributed by atoms with Crippen LogP contribution in [0.25, 0.3) is 0 Å². The minimum Gasteiger partial charge on any atom is -0.406 e. The lowest BCUT2D eigenvalue weighted by Crippen LogP contribution is -2.35. The van der Waals surface area contributed by atoms with Crippen LogP contribution in [0, 0.1) is 23.5 Å². The van der Waals surface area contributed by atoms with Gasteiger partial charge >= 0.3 is 6.36 Å². The quantitative estimate of drug-likeness (QED) is 0.331. The van der Waals surface area contributed by atoms with Crippen molar-refractivity contribution in [2.75, 3.05) is 0 Å². The molecule has 1 saturated carbocycles. The molecule has 0 N–H and O–H groups in total. The molecule has 0 heterocycles. The molecule has 0 spiro atoms. The van der Waals surface area contributed by atoms with Crippen LogP contribution in [-0.4, -0.2) is 6.36 Å². The maximum atomic E-state index is 14.4. The van der Waals surface area contributed by atoms with Gasteiger partial charge in [-0.3, -0.25) is 0 Å². The largest absolute Gasteiger partial charge is 0.573 e. The van der Waals surface area contributed by atoms with E-state index in [1.165, 1.54) is 18.2 Å². The normalized spacial score (nSPS) is 25.4. The van der Waals surface area contributed by atoms with Crippen LogP contribution in [-0.2, 0) is 6.42 Å². The lowest BCUT2D eigenvalue weighted by atomic mass is 9.58. The number of benzene rings is 2. The van der Waals surface area contributed by atoms with Crippen molar-refractivity contribution in [2.45, 2.75) is 63.6 Å². The van der Waals surface area contributed by atoms with Crippen LogP contribution in [0.15, 0.2) is 48.6 Å². The van der Waals surface area contributed by atoms with Crippen molar-refractivity contribution in [2.24, 2.45) is 11.8 Å². The number of halogens is 5. The number of rotatable bonds is 5. The predicted octanol–water partition coefficient (Wildman–Crippen LogP) is 8.06. The Balaban J connectivity index is 1.68. The van der Waals surface area contributed by atoms with E-state index in [9.17, 15) is 22.0 Å². The van der Waals surface area contributed by atoms with Crippen molar-refractivity contribution >= 4 is 0 Å². The average Bonchev–Trinajstić information content (AvgIpc) is 2.73. The summed E-state index contributed by atoms with van der Waals surface area (Å²) >= 11 is 0. The summed E-state index contributed by atoms with van der Waals surface area (Å²) in [7, 11) is 0.